The predicted molar refractivity (Wildman–Crippen MR) is 170 cm³/mol. The maximum absolute atomic E-state index is 13.4. The number of ketones is 1. The molecule has 7 heteroatoms. The molecule has 0 aromatic carbocycles. The minimum Gasteiger partial charge on any atom is -0.481 e. The number of carbonyl (C=O) groups excluding carboxylic acids is 1. The molecule has 7 nitrogen and oxygen atoms in total. The van der Waals surface area contributed by atoms with Gasteiger partial charge in [-0.25, -0.2) is 4.79 Å². The van der Waals surface area contributed by atoms with E-state index in [0.717, 1.165) is 38.5 Å². The van der Waals surface area contributed by atoms with Gasteiger partial charge in [-0.1, -0.05) is 129 Å². The first kappa shape index (κ1) is 39.5. The van der Waals surface area contributed by atoms with Crippen molar-refractivity contribution >= 4 is 17.7 Å². The summed E-state index contributed by atoms with van der Waals surface area (Å²) in [6.45, 7) is 6.79. The van der Waals surface area contributed by atoms with Crippen molar-refractivity contribution in [2.24, 2.45) is 0 Å². The SMILES string of the molecule is CCCCCCCCCCCCN(CCCCCCCCCCCC)[C@@](C(C)=O)(C(=O)O)C(CC(=O)O)[N+](C)(C)C. The molecule has 0 spiro atoms. The number of carboxylic acid groups (broad SMARTS) is 2. The van der Waals surface area contributed by atoms with Crippen molar-refractivity contribution in [3.8, 4) is 0 Å². The van der Waals surface area contributed by atoms with E-state index in [0.29, 0.717) is 13.1 Å². The first-order valence-electron chi connectivity index (χ1n) is 17.0. The third kappa shape index (κ3) is 16.1. The second-order valence-corrected chi connectivity index (χ2v) is 13.2. The Hall–Kier alpha value is -1.47. The first-order chi connectivity index (χ1) is 19.5. The number of carboxylic acids is 2. The van der Waals surface area contributed by atoms with Crippen LogP contribution >= 0.6 is 0 Å². The van der Waals surface area contributed by atoms with Gasteiger partial charge in [0.05, 0.1) is 21.1 Å². The van der Waals surface area contributed by atoms with Gasteiger partial charge in [-0.15, -0.1) is 0 Å². The van der Waals surface area contributed by atoms with Gasteiger partial charge >= 0.3 is 11.9 Å². The van der Waals surface area contributed by atoms with E-state index in [-0.39, 0.29) is 10.9 Å². The van der Waals surface area contributed by atoms with Gasteiger partial charge < -0.3 is 14.7 Å². The van der Waals surface area contributed by atoms with Gasteiger partial charge in [0.1, 0.15) is 12.5 Å². The number of likely N-dealkylation sites (N-methyl/N-ethyl adjacent to an activating group) is 1. The van der Waals surface area contributed by atoms with Crippen LogP contribution in [0.1, 0.15) is 156 Å². The Kier molecular flexibility index (Phi) is 22.2. The summed E-state index contributed by atoms with van der Waals surface area (Å²) >= 11 is 0. The van der Waals surface area contributed by atoms with Crippen LogP contribution in [0.25, 0.3) is 0 Å². The number of unbranched alkanes of at least 4 members (excludes halogenated alkanes) is 18. The highest BCUT2D eigenvalue weighted by molar-refractivity contribution is 6.08. The number of aliphatic carboxylic acids is 2. The molecule has 41 heavy (non-hydrogen) atoms. The van der Waals surface area contributed by atoms with Crippen molar-refractivity contribution in [1.82, 2.24) is 4.90 Å². The van der Waals surface area contributed by atoms with E-state index in [1.165, 1.54) is 96.8 Å². The summed E-state index contributed by atoms with van der Waals surface area (Å²) in [5.74, 6) is -2.76. The minimum absolute atomic E-state index is 0.0880. The van der Waals surface area contributed by atoms with Crippen molar-refractivity contribution in [3.05, 3.63) is 0 Å². The fraction of sp³-hybridized carbons (Fsp3) is 0.912. The van der Waals surface area contributed by atoms with Gasteiger partial charge in [0, 0.05) is 0 Å². The van der Waals surface area contributed by atoms with Crippen LogP contribution in [0, 0.1) is 0 Å². The molecule has 0 aromatic heterocycles. The van der Waals surface area contributed by atoms with E-state index in [1.807, 2.05) is 4.90 Å². The quantitative estimate of drug-likeness (QED) is 0.0525. The van der Waals surface area contributed by atoms with Crippen LogP contribution in [-0.4, -0.2) is 83.1 Å². The maximum atomic E-state index is 13.4. The minimum atomic E-state index is -1.87. The highest BCUT2D eigenvalue weighted by Crippen LogP contribution is 2.32. The molecule has 0 bridgehead atoms. The van der Waals surface area contributed by atoms with Gasteiger partial charge in [-0.3, -0.25) is 14.5 Å². The highest BCUT2D eigenvalue weighted by Gasteiger charge is 2.60. The summed E-state index contributed by atoms with van der Waals surface area (Å²) in [7, 11) is 5.40. The average Bonchev–Trinajstić information content (AvgIpc) is 2.88. The summed E-state index contributed by atoms with van der Waals surface area (Å²) in [4.78, 5) is 40.2. The fourth-order valence-electron chi connectivity index (χ4n) is 6.29. The van der Waals surface area contributed by atoms with Crippen LogP contribution in [0.2, 0.25) is 0 Å². The molecule has 0 saturated heterocycles. The summed E-state index contributed by atoms with van der Waals surface area (Å²) in [6.07, 6.45) is 23.2. The normalized spacial score (nSPS) is 14.2. The van der Waals surface area contributed by atoms with Crippen molar-refractivity contribution in [3.63, 3.8) is 0 Å². The second kappa shape index (κ2) is 23.0. The molecular formula is C34H67N2O5+. The largest absolute Gasteiger partial charge is 0.481 e. The zero-order valence-electron chi connectivity index (χ0n) is 27.9. The second-order valence-electron chi connectivity index (χ2n) is 13.2. The van der Waals surface area contributed by atoms with Crippen LogP contribution < -0.4 is 0 Å². The number of quaternary nitrogens is 1. The van der Waals surface area contributed by atoms with Gasteiger partial charge in [-0.05, 0) is 32.9 Å². The van der Waals surface area contributed by atoms with Crippen molar-refractivity contribution in [2.75, 3.05) is 34.2 Å². The Morgan fingerprint density at radius 1 is 0.610 bits per heavy atom. The highest BCUT2D eigenvalue weighted by atomic mass is 16.4. The summed E-state index contributed by atoms with van der Waals surface area (Å²) in [5, 5.41) is 20.4. The lowest BCUT2D eigenvalue weighted by molar-refractivity contribution is -0.899. The molecule has 0 rings (SSSR count). The third-order valence-electron chi connectivity index (χ3n) is 8.71. The molecule has 242 valence electrons. The fourth-order valence-corrected chi connectivity index (χ4v) is 6.29. The van der Waals surface area contributed by atoms with Crippen LogP contribution in [0.5, 0.6) is 0 Å². The smallest absolute Gasteiger partial charge is 0.338 e. The number of nitrogens with zero attached hydrogens (tertiary/aromatic N) is 2. The van der Waals surface area contributed by atoms with Crippen LogP contribution in [-0.2, 0) is 14.4 Å². The van der Waals surface area contributed by atoms with E-state index < -0.39 is 29.3 Å². The van der Waals surface area contributed by atoms with E-state index in [4.69, 9.17) is 0 Å². The van der Waals surface area contributed by atoms with Crippen LogP contribution in [0.4, 0.5) is 0 Å². The number of rotatable bonds is 29. The zero-order valence-corrected chi connectivity index (χ0v) is 27.9. The first-order valence-corrected chi connectivity index (χ1v) is 17.0. The summed E-state index contributed by atoms with van der Waals surface area (Å²) in [6, 6.07) is -0.902. The Morgan fingerprint density at radius 2 is 0.927 bits per heavy atom. The Labute approximate surface area is 253 Å². The number of Topliss-reactive ketones (excluding diaryl/α,β-unsaturated/α-hetero) is 1. The number of carbonyl (C=O) groups is 3. The Balaban J connectivity index is 5.41. The van der Waals surface area contributed by atoms with E-state index in [2.05, 4.69) is 13.8 Å². The molecule has 0 heterocycles. The van der Waals surface area contributed by atoms with Crippen LogP contribution in [0.15, 0.2) is 0 Å². The van der Waals surface area contributed by atoms with E-state index in [1.54, 1.807) is 21.1 Å². The van der Waals surface area contributed by atoms with Gasteiger partial charge in [-0.2, -0.15) is 0 Å². The predicted octanol–water partition coefficient (Wildman–Crippen LogP) is 8.09. The van der Waals surface area contributed by atoms with Crippen molar-refractivity contribution < 1.29 is 29.1 Å². The molecule has 1 unspecified atom stereocenters. The van der Waals surface area contributed by atoms with Crippen LogP contribution in [0.3, 0.4) is 0 Å². The van der Waals surface area contributed by atoms with Gasteiger partial charge in [0.15, 0.2) is 5.78 Å². The lowest BCUT2D eigenvalue weighted by atomic mass is 9.80. The van der Waals surface area contributed by atoms with Gasteiger partial charge in [0.25, 0.3) is 0 Å². The summed E-state index contributed by atoms with van der Waals surface area (Å²) < 4.78 is 0.0880. The molecule has 2 atom stereocenters. The lowest BCUT2D eigenvalue weighted by Crippen LogP contribution is -2.73. The van der Waals surface area contributed by atoms with Gasteiger partial charge in [0.2, 0.25) is 5.54 Å². The van der Waals surface area contributed by atoms with E-state index >= 15 is 0 Å². The van der Waals surface area contributed by atoms with Crippen molar-refractivity contribution in [1.29, 1.82) is 0 Å². The van der Waals surface area contributed by atoms with E-state index in [9.17, 15) is 24.6 Å². The average molecular weight is 584 g/mol. The standard InChI is InChI=1S/C34H66N2O5/c1-7-9-11-13-15-17-19-21-23-25-27-35(28-26-24-22-20-18-16-14-12-10-8-2)34(30(3)37,33(40)41)31(29-32(38)39)36(4,5)6/h31H,7-29H2,1-6H3,(H-,38,39,40,41)/p+1/t31?,34-/m1/s1. The molecule has 2 N–H and O–H groups in total. The molecule has 0 radical (unpaired) electrons. The number of hydrogen-bond acceptors (Lipinski definition) is 4. The Bertz CT molecular complexity index is 666. The zero-order chi connectivity index (χ0) is 31.2. The molecule has 0 aliphatic carbocycles. The number of hydrogen-bond donors (Lipinski definition) is 2. The molecule has 0 saturated carbocycles. The molecular weight excluding hydrogens is 516 g/mol. The molecule has 0 fully saturated rings. The molecule has 0 aliphatic rings. The topological polar surface area (TPSA) is 94.9 Å². The molecule has 0 aliphatic heterocycles. The Morgan fingerprint density at radius 3 is 1.17 bits per heavy atom. The van der Waals surface area contributed by atoms with Crippen molar-refractivity contribution in [2.45, 2.75) is 167 Å². The lowest BCUT2D eigenvalue weighted by Gasteiger charge is -2.48. The third-order valence-corrected chi connectivity index (χ3v) is 8.71. The monoisotopic (exact) mass is 584 g/mol. The maximum Gasteiger partial charge on any atom is 0.338 e. The molecule has 0 aromatic rings. The summed E-state index contributed by atoms with van der Waals surface area (Å²) in [5.41, 5.74) is -1.87. The molecule has 0 amide bonds.